The smallest absolute Gasteiger partial charge is 0.303 e. The van der Waals surface area contributed by atoms with Crippen LogP contribution in [0.3, 0.4) is 0 Å². The lowest BCUT2D eigenvalue weighted by Crippen LogP contribution is -2.61. The zero-order valence-electron chi connectivity index (χ0n) is 17.7. The minimum absolute atomic E-state index is 0.0702. The largest absolute Gasteiger partial charge is 0.465 e. The quantitative estimate of drug-likeness (QED) is 0.311. The van der Waals surface area contributed by atoms with Crippen LogP contribution in [0.25, 0.3) is 0 Å². The first-order valence-electron chi connectivity index (χ1n) is 9.24. The second-order valence-corrected chi connectivity index (χ2v) is 10.3. The van der Waals surface area contributed by atoms with Crippen molar-refractivity contribution >= 4 is 37.0 Å². The molecule has 0 aliphatic carbocycles. The summed E-state index contributed by atoms with van der Waals surface area (Å²) in [5.74, 6) is -5.42. The molecule has 0 unspecified atom stereocenters. The van der Waals surface area contributed by atoms with Crippen LogP contribution in [0.15, 0.2) is 0 Å². The Hall–Kier alpha value is -2.42. The van der Waals surface area contributed by atoms with E-state index in [4.69, 9.17) is 23.7 Å². The molecule has 0 N–H and O–H groups in total. The number of ether oxygens (including phenoxy) is 5. The van der Waals surface area contributed by atoms with E-state index in [1.165, 1.54) is 0 Å². The second-order valence-electron chi connectivity index (χ2n) is 6.76. The van der Waals surface area contributed by atoms with Gasteiger partial charge in [-0.25, -0.2) is 0 Å². The first-order chi connectivity index (χ1) is 13.8. The third-order valence-corrected chi connectivity index (χ3v) is 8.26. The van der Waals surface area contributed by atoms with Crippen LogP contribution in [-0.2, 0) is 52.2 Å². The van der Waals surface area contributed by atoms with E-state index in [1.807, 2.05) is 0 Å². The summed E-state index contributed by atoms with van der Waals surface area (Å²) in [6.07, 6.45) is -4.40. The molecule has 170 valence electrons. The third-order valence-electron chi connectivity index (χ3n) is 4.44. The molecule has 0 saturated carbocycles. The lowest BCUT2D eigenvalue weighted by Gasteiger charge is -2.47. The molecule has 0 aromatic rings. The lowest BCUT2D eigenvalue weighted by atomic mass is 10.0. The van der Waals surface area contributed by atoms with Crippen molar-refractivity contribution in [3.63, 3.8) is 0 Å². The van der Waals surface area contributed by atoms with E-state index in [2.05, 4.69) is 0 Å². The summed E-state index contributed by atoms with van der Waals surface area (Å²) in [7, 11) is -3.70. The Balaban J connectivity index is 3.69. The maximum atomic E-state index is 14.0. The van der Waals surface area contributed by atoms with E-state index in [1.54, 1.807) is 6.92 Å². The Morgan fingerprint density at radius 1 is 0.667 bits per heavy atom. The standard InChI is InChI=1S/C18H27O11P/c1-7-30(24)14(8-25-9(2)19)15(26-10(3)20)16(27-11(4)21)17(28-12(5)22)18(30)29-13(6)23/h14-18H,7-8H2,1-6H3/t14-,15-,16+,17-,18+,30-/m1/s1. The van der Waals surface area contributed by atoms with E-state index in [-0.39, 0.29) is 6.16 Å². The SMILES string of the molecule is CC[P@@]1(=O)[C@H](COC(C)=O)[C@@H](OC(C)=O)[C@H](OC(C)=O)[C@@H](OC(C)=O)[C@H]1OC(C)=O. The topological polar surface area (TPSA) is 149 Å². The molecule has 0 aromatic heterocycles. The van der Waals surface area contributed by atoms with Crippen LogP contribution in [-0.4, -0.2) is 72.4 Å². The Labute approximate surface area is 174 Å². The zero-order chi connectivity index (χ0) is 23.2. The number of rotatable bonds is 7. The van der Waals surface area contributed by atoms with E-state index >= 15 is 0 Å². The van der Waals surface area contributed by atoms with Gasteiger partial charge in [0, 0.05) is 40.8 Å². The van der Waals surface area contributed by atoms with Gasteiger partial charge in [0.2, 0.25) is 0 Å². The molecular formula is C18H27O11P. The first kappa shape index (κ1) is 25.6. The molecule has 1 saturated heterocycles. The average molecular weight is 450 g/mol. The molecule has 0 spiro atoms. The predicted molar refractivity (Wildman–Crippen MR) is 101 cm³/mol. The molecule has 0 radical (unpaired) electrons. The van der Waals surface area contributed by atoms with E-state index in [0.29, 0.717) is 0 Å². The van der Waals surface area contributed by atoms with Gasteiger partial charge in [0.25, 0.3) is 0 Å². The average Bonchev–Trinajstić information content (AvgIpc) is 2.59. The van der Waals surface area contributed by atoms with Gasteiger partial charge in [-0.1, -0.05) is 6.92 Å². The number of hydrogen-bond donors (Lipinski definition) is 0. The van der Waals surface area contributed by atoms with Gasteiger partial charge < -0.3 is 28.2 Å². The van der Waals surface area contributed by atoms with Crippen molar-refractivity contribution in [1.82, 2.24) is 0 Å². The zero-order valence-corrected chi connectivity index (χ0v) is 18.6. The second kappa shape index (κ2) is 10.6. The maximum Gasteiger partial charge on any atom is 0.303 e. The molecule has 1 aliphatic heterocycles. The van der Waals surface area contributed by atoms with Gasteiger partial charge in [0.1, 0.15) is 13.7 Å². The number of esters is 5. The van der Waals surface area contributed by atoms with Crippen molar-refractivity contribution in [2.45, 2.75) is 71.4 Å². The van der Waals surface area contributed by atoms with Crippen LogP contribution in [0, 0.1) is 0 Å². The van der Waals surface area contributed by atoms with Crippen LogP contribution in [0.1, 0.15) is 41.5 Å². The molecule has 11 nitrogen and oxygen atoms in total. The normalized spacial score (nSPS) is 30.5. The third kappa shape index (κ3) is 6.29. The Bertz CT molecular complexity index is 746. The highest BCUT2D eigenvalue weighted by Gasteiger charge is 2.62. The summed E-state index contributed by atoms with van der Waals surface area (Å²) in [6.45, 7) is 6.52. The van der Waals surface area contributed by atoms with Crippen LogP contribution >= 0.6 is 7.14 Å². The molecule has 1 rings (SSSR count). The minimum Gasteiger partial charge on any atom is -0.465 e. The lowest BCUT2D eigenvalue weighted by molar-refractivity contribution is -0.197. The maximum absolute atomic E-state index is 14.0. The van der Waals surface area contributed by atoms with Gasteiger partial charge >= 0.3 is 29.8 Å². The molecule has 1 fully saturated rings. The molecule has 0 aromatic carbocycles. The molecular weight excluding hydrogens is 423 g/mol. The number of carbonyl (C=O) groups is 5. The van der Waals surface area contributed by atoms with E-state index in [9.17, 15) is 28.5 Å². The predicted octanol–water partition coefficient (Wildman–Crippen LogP) is 0.999. The first-order valence-corrected chi connectivity index (χ1v) is 11.3. The van der Waals surface area contributed by atoms with E-state index < -0.39 is 73.4 Å². The number of hydrogen-bond acceptors (Lipinski definition) is 11. The van der Waals surface area contributed by atoms with Crippen molar-refractivity contribution in [3.05, 3.63) is 0 Å². The van der Waals surface area contributed by atoms with Gasteiger partial charge in [-0.05, 0) is 0 Å². The molecule has 12 heteroatoms. The highest BCUT2D eigenvalue weighted by molar-refractivity contribution is 7.65. The minimum atomic E-state index is -3.70. The Morgan fingerprint density at radius 2 is 1.10 bits per heavy atom. The van der Waals surface area contributed by atoms with Crippen molar-refractivity contribution in [3.8, 4) is 0 Å². The molecule has 30 heavy (non-hydrogen) atoms. The highest BCUT2D eigenvalue weighted by atomic mass is 31.2. The fourth-order valence-corrected chi connectivity index (χ4v) is 6.71. The van der Waals surface area contributed by atoms with Crippen LogP contribution < -0.4 is 0 Å². The fraction of sp³-hybridized carbons (Fsp3) is 0.722. The monoisotopic (exact) mass is 450 g/mol. The van der Waals surface area contributed by atoms with Crippen molar-refractivity contribution < 1.29 is 52.2 Å². The van der Waals surface area contributed by atoms with Crippen LogP contribution in [0.4, 0.5) is 0 Å². The molecule has 1 heterocycles. The summed E-state index contributed by atoms with van der Waals surface area (Å²) in [5.41, 5.74) is -1.17. The van der Waals surface area contributed by atoms with Gasteiger partial charge in [-0.15, -0.1) is 0 Å². The van der Waals surface area contributed by atoms with Gasteiger partial charge in [-0.2, -0.15) is 0 Å². The Kier molecular flexibility index (Phi) is 9.02. The summed E-state index contributed by atoms with van der Waals surface area (Å²) < 4.78 is 40.1. The van der Waals surface area contributed by atoms with Gasteiger partial charge in [0.15, 0.2) is 24.2 Å². The van der Waals surface area contributed by atoms with Crippen molar-refractivity contribution in [2.75, 3.05) is 12.8 Å². The number of carbonyl (C=O) groups excluding carboxylic acids is 5. The molecule has 0 bridgehead atoms. The van der Waals surface area contributed by atoms with Crippen molar-refractivity contribution in [1.29, 1.82) is 0 Å². The molecule has 0 amide bonds. The summed E-state index contributed by atoms with van der Waals surface area (Å²) in [4.78, 5) is 58.4. The fourth-order valence-electron chi connectivity index (χ4n) is 3.40. The van der Waals surface area contributed by atoms with Gasteiger partial charge in [-0.3, -0.25) is 24.0 Å². The summed E-state index contributed by atoms with van der Waals surface area (Å²) >= 11 is 0. The van der Waals surface area contributed by atoms with Gasteiger partial charge in [0.05, 0.1) is 5.66 Å². The highest BCUT2D eigenvalue weighted by Crippen LogP contribution is 2.62. The molecule has 6 atom stereocenters. The Morgan fingerprint density at radius 3 is 1.50 bits per heavy atom. The van der Waals surface area contributed by atoms with Crippen molar-refractivity contribution in [2.24, 2.45) is 0 Å². The van der Waals surface area contributed by atoms with Crippen LogP contribution in [0.2, 0.25) is 0 Å². The summed E-state index contributed by atoms with van der Waals surface area (Å²) in [5, 5.41) is 0. The van der Waals surface area contributed by atoms with Crippen LogP contribution in [0.5, 0.6) is 0 Å². The van der Waals surface area contributed by atoms with E-state index in [0.717, 1.165) is 34.6 Å². The summed E-state index contributed by atoms with van der Waals surface area (Å²) in [6, 6.07) is 0. The molecule has 1 aliphatic rings.